The monoisotopic (exact) mass is 318 g/mol. The Labute approximate surface area is 140 Å². The van der Waals surface area contributed by atoms with Gasteiger partial charge in [-0.3, -0.25) is 4.79 Å². The van der Waals surface area contributed by atoms with Crippen molar-refractivity contribution in [1.82, 2.24) is 0 Å². The zero-order valence-corrected chi connectivity index (χ0v) is 13.3. The lowest BCUT2D eigenvalue weighted by Gasteiger charge is -2.20. The summed E-state index contributed by atoms with van der Waals surface area (Å²) in [5.41, 5.74) is 4.68. The molecule has 1 aliphatic carbocycles. The number of nitrogens with zero attached hydrogens (tertiary/aromatic N) is 2. The number of benzene rings is 2. The van der Waals surface area contributed by atoms with Gasteiger partial charge in [0.1, 0.15) is 0 Å². The van der Waals surface area contributed by atoms with Gasteiger partial charge in [0.05, 0.1) is 0 Å². The Morgan fingerprint density at radius 1 is 0.917 bits per heavy atom. The molecule has 0 unspecified atom stereocenters. The number of hydrogen-bond donors (Lipinski definition) is 1. The SMILES string of the molecule is O=C1C(=NO)C=C(c2ccc(N3CCCC3)cc2)c2ccccc21. The largest absolute Gasteiger partial charge is 0.410 e. The number of anilines is 1. The lowest BCUT2D eigenvalue weighted by atomic mass is 9.85. The van der Waals surface area contributed by atoms with Gasteiger partial charge >= 0.3 is 0 Å². The lowest BCUT2D eigenvalue weighted by Crippen LogP contribution is -2.19. The summed E-state index contributed by atoms with van der Waals surface area (Å²) in [4.78, 5) is 14.7. The highest BCUT2D eigenvalue weighted by Gasteiger charge is 2.25. The summed E-state index contributed by atoms with van der Waals surface area (Å²) >= 11 is 0. The van der Waals surface area contributed by atoms with E-state index in [9.17, 15) is 4.79 Å². The average molecular weight is 318 g/mol. The van der Waals surface area contributed by atoms with Crippen molar-refractivity contribution in [2.45, 2.75) is 12.8 Å². The lowest BCUT2D eigenvalue weighted by molar-refractivity contribution is 0.106. The standard InChI is InChI=1S/C20H18N2O2/c23-20-17-6-2-1-5-16(17)18(13-19(20)21-24)14-7-9-15(10-8-14)22-11-3-4-12-22/h1-2,5-10,13,24H,3-4,11-12H2. The van der Waals surface area contributed by atoms with Crippen LogP contribution in [0.25, 0.3) is 5.57 Å². The van der Waals surface area contributed by atoms with Crippen LogP contribution in [0.5, 0.6) is 0 Å². The summed E-state index contributed by atoms with van der Waals surface area (Å²) in [7, 11) is 0. The van der Waals surface area contributed by atoms with Gasteiger partial charge < -0.3 is 10.1 Å². The van der Waals surface area contributed by atoms with E-state index in [0.29, 0.717) is 5.56 Å². The molecule has 0 radical (unpaired) electrons. The highest BCUT2D eigenvalue weighted by atomic mass is 16.4. The normalized spacial score (nSPS) is 18.7. The van der Waals surface area contributed by atoms with Crippen LogP contribution in [0.2, 0.25) is 0 Å². The van der Waals surface area contributed by atoms with Crippen LogP contribution in [0.3, 0.4) is 0 Å². The Morgan fingerprint density at radius 2 is 1.58 bits per heavy atom. The summed E-state index contributed by atoms with van der Waals surface area (Å²) in [5.74, 6) is -0.245. The molecule has 0 bridgehead atoms. The van der Waals surface area contributed by atoms with Crippen molar-refractivity contribution in [2.24, 2.45) is 5.16 Å². The zero-order chi connectivity index (χ0) is 16.5. The number of ketones is 1. The number of hydrogen-bond acceptors (Lipinski definition) is 4. The van der Waals surface area contributed by atoms with Gasteiger partial charge in [0.25, 0.3) is 0 Å². The van der Waals surface area contributed by atoms with Gasteiger partial charge in [0.15, 0.2) is 5.71 Å². The summed E-state index contributed by atoms with van der Waals surface area (Å²) < 4.78 is 0. The summed E-state index contributed by atoms with van der Waals surface area (Å²) in [6, 6.07) is 15.8. The first kappa shape index (κ1) is 14.7. The molecule has 0 saturated carbocycles. The minimum Gasteiger partial charge on any atom is -0.410 e. The minimum absolute atomic E-state index is 0.0762. The molecule has 2 aromatic carbocycles. The van der Waals surface area contributed by atoms with Crippen LogP contribution in [0, 0.1) is 0 Å². The van der Waals surface area contributed by atoms with E-state index in [-0.39, 0.29) is 11.5 Å². The van der Waals surface area contributed by atoms with E-state index in [4.69, 9.17) is 5.21 Å². The van der Waals surface area contributed by atoms with Gasteiger partial charge in [-0.05, 0) is 47.8 Å². The molecular formula is C20H18N2O2. The van der Waals surface area contributed by atoms with Crippen LogP contribution >= 0.6 is 0 Å². The second-order valence-electron chi connectivity index (χ2n) is 6.16. The molecule has 4 rings (SSSR count). The van der Waals surface area contributed by atoms with Crippen molar-refractivity contribution in [2.75, 3.05) is 18.0 Å². The van der Waals surface area contributed by atoms with Crippen LogP contribution < -0.4 is 4.90 Å². The van der Waals surface area contributed by atoms with Gasteiger partial charge in [-0.1, -0.05) is 41.6 Å². The van der Waals surface area contributed by atoms with Crippen LogP contribution in [0.4, 0.5) is 5.69 Å². The van der Waals surface area contributed by atoms with Crippen LogP contribution in [0.15, 0.2) is 59.8 Å². The summed E-state index contributed by atoms with van der Waals surface area (Å²) in [5, 5.41) is 12.3. The maximum Gasteiger partial charge on any atom is 0.215 e. The predicted molar refractivity (Wildman–Crippen MR) is 95.0 cm³/mol. The summed E-state index contributed by atoms with van der Waals surface area (Å²) in [6.07, 6.45) is 4.16. The Balaban J connectivity index is 1.76. The van der Waals surface area contributed by atoms with E-state index >= 15 is 0 Å². The van der Waals surface area contributed by atoms with E-state index in [1.165, 1.54) is 18.5 Å². The topological polar surface area (TPSA) is 52.9 Å². The fraction of sp³-hybridized carbons (Fsp3) is 0.200. The number of carbonyl (C=O) groups excluding carboxylic acids is 1. The second kappa shape index (κ2) is 5.96. The third kappa shape index (κ3) is 2.40. The van der Waals surface area contributed by atoms with E-state index in [0.717, 1.165) is 29.8 Å². The Kier molecular flexibility index (Phi) is 3.65. The van der Waals surface area contributed by atoms with Gasteiger partial charge in [0, 0.05) is 24.3 Å². The van der Waals surface area contributed by atoms with Crippen molar-refractivity contribution in [3.8, 4) is 0 Å². The van der Waals surface area contributed by atoms with Gasteiger partial charge in [-0.15, -0.1) is 0 Å². The molecule has 0 atom stereocenters. The van der Waals surface area contributed by atoms with Gasteiger partial charge in [-0.25, -0.2) is 0 Å². The maximum absolute atomic E-state index is 12.3. The third-order valence-electron chi connectivity index (χ3n) is 4.73. The Morgan fingerprint density at radius 3 is 2.25 bits per heavy atom. The Bertz CT molecular complexity index is 844. The molecule has 0 aromatic heterocycles. The van der Waals surface area contributed by atoms with E-state index in [1.807, 2.05) is 18.2 Å². The van der Waals surface area contributed by atoms with E-state index in [2.05, 4.69) is 34.3 Å². The quantitative estimate of drug-likeness (QED) is 0.678. The molecule has 1 saturated heterocycles. The number of oxime groups is 1. The second-order valence-corrected chi connectivity index (χ2v) is 6.16. The fourth-order valence-electron chi connectivity index (χ4n) is 3.47. The number of carbonyl (C=O) groups is 1. The molecule has 24 heavy (non-hydrogen) atoms. The van der Waals surface area contributed by atoms with Crippen LogP contribution in [-0.4, -0.2) is 29.8 Å². The van der Waals surface area contributed by atoms with Crippen LogP contribution in [-0.2, 0) is 0 Å². The molecule has 2 aromatic rings. The van der Waals surface area contributed by atoms with Crippen molar-refractivity contribution in [1.29, 1.82) is 0 Å². The number of fused-ring (bicyclic) bond motifs is 1. The zero-order valence-electron chi connectivity index (χ0n) is 13.3. The first-order valence-electron chi connectivity index (χ1n) is 8.21. The van der Waals surface area contributed by atoms with Crippen molar-refractivity contribution in [3.63, 3.8) is 0 Å². The number of Topliss-reactive ketones (excluding diaryl/α,β-unsaturated/α-hetero) is 1. The predicted octanol–water partition coefficient (Wildman–Crippen LogP) is 3.75. The maximum atomic E-state index is 12.3. The van der Waals surface area contributed by atoms with Crippen molar-refractivity contribution >= 4 is 22.8 Å². The fourth-order valence-corrected chi connectivity index (χ4v) is 3.47. The first-order valence-corrected chi connectivity index (χ1v) is 8.21. The molecule has 4 nitrogen and oxygen atoms in total. The number of allylic oxidation sites excluding steroid dienone is 1. The molecule has 0 amide bonds. The molecule has 1 fully saturated rings. The van der Waals surface area contributed by atoms with Crippen LogP contribution in [0.1, 0.15) is 34.3 Å². The molecule has 120 valence electrons. The highest BCUT2D eigenvalue weighted by Crippen LogP contribution is 2.32. The molecule has 1 heterocycles. The minimum atomic E-state index is -0.245. The van der Waals surface area contributed by atoms with Crippen molar-refractivity contribution in [3.05, 3.63) is 71.3 Å². The van der Waals surface area contributed by atoms with Crippen molar-refractivity contribution < 1.29 is 10.0 Å². The highest BCUT2D eigenvalue weighted by molar-refractivity contribution is 6.53. The molecule has 1 N–H and O–H groups in total. The third-order valence-corrected chi connectivity index (χ3v) is 4.73. The molecule has 1 aliphatic heterocycles. The summed E-state index contributed by atoms with van der Waals surface area (Å²) in [6.45, 7) is 2.22. The van der Waals surface area contributed by atoms with Gasteiger partial charge in [-0.2, -0.15) is 0 Å². The Hall–Kier alpha value is -2.88. The van der Waals surface area contributed by atoms with Gasteiger partial charge in [0.2, 0.25) is 5.78 Å². The smallest absolute Gasteiger partial charge is 0.215 e. The molecular weight excluding hydrogens is 300 g/mol. The number of rotatable bonds is 2. The molecule has 2 aliphatic rings. The average Bonchev–Trinajstić information content (AvgIpc) is 3.17. The first-order chi connectivity index (χ1) is 11.8. The van der Waals surface area contributed by atoms with E-state index < -0.39 is 0 Å². The molecule has 4 heteroatoms. The molecule has 0 spiro atoms. The van der Waals surface area contributed by atoms with E-state index in [1.54, 1.807) is 12.1 Å².